The van der Waals surface area contributed by atoms with Crippen LogP contribution in [0.1, 0.15) is 41.6 Å². The lowest BCUT2D eigenvalue weighted by Crippen LogP contribution is -2.49. The second kappa shape index (κ2) is 7.13. The van der Waals surface area contributed by atoms with Gasteiger partial charge < -0.3 is 20.4 Å². The Hall–Kier alpha value is -3.79. The van der Waals surface area contributed by atoms with Crippen molar-refractivity contribution in [1.82, 2.24) is 10.2 Å². The van der Waals surface area contributed by atoms with E-state index in [9.17, 15) is 24.3 Å². The molecule has 3 aromatic rings. The third-order valence-corrected chi connectivity index (χ3v) is 6.22. The monoisotopic (exact) mass is 438 g/mol. The molecular formula is C22H19FN4O5. The summed E-state index contributed by atoms with van der Waals surface area (Å²) in [6, 6.07) is 8.79. The van der Waals surface area contributed by atoms with Crippen LogP contribution < -0.4 is 10.0 Å². The van der Waals surface area contributed by atoms with Crippen molar-refractivity contribution in [3.05, 3.63) is 70.9 Å². The van der Waals surface area contributed by atoms with Gasteiger partial charge in [-0.05, 0) is 55.5 Å². The normalized spacial score (nSPS) is 24.2. The molecule has 9 nitrogen and oxygen atoms in total. The van der Waals surface area contributed by atoms with E-state index >= 15 is 0 Å². The maximum absolute atomic E-state index is 13.1. The van der Waals surface area contributed by atoms with Gasteiger partial charge in [0.2, 0.25) is 0 Å². The topological polar surface area (TPSA) is 131 Å². The molecule has 10 heteroatoms. The number of amides is 1. The number of carbonyl (C=O) groups is 2. The van der Waals surface area contributed by atoms with Gasteiger partial charge in [0, 0.05) is 12.1 Å². The molecule has 0 radical (unpaired) electrons. The molecule has 3 heterocycles. The van der Waals surface area contributed by atoms with Crippen LogP contribution in [0.15, 0.2) is 48.8 Å². The lowest BCUT2D eigenvalue weighted by atomic mass is 9.73. The minimum absolute atomic E-state index is 0.0363. The van der Waals surface area contributed by atoms with E-state index in [1.807, 2.05) is 0 Å². The van der Waals surface area contributed by atoms with Crippen LogP contribution in [0.5, 0.6) is 0 Å². The Morgan fingerprint density at radius 3 is 2.66 bits per heavy atom. The number of carbonyl (C=O) groups excluding carboxylic acids is 2. The minimum atomic E-state index is -1.68. The van der Waals surface area contributed by atoms with Crippen LogP contribution in [0.4, 0.5) is 10.2 Å². The second-order valence-corrected chi connectivity index (χ2v) is 8.18. The molecule has 32 heavy (non-hydrogen) atoms. The van der Waals surface area contributed by atoms with Gasteiger partial charge in [0.1, 0.15) is 17.0 Å². The number of pyridine rings is 1. The molecule has 1 aromatic carbocycles. The van der Waals surface area contributed by atoms with Crippen LogP contribution in [0.2, 0.25) is 0 Å². The molecule has 3 N–H and O–H groups in total. The zero-order valence-electron chi connectivity index (χ0n) is 16.8. The molecule has 0 unspecified atom stereocenters. The quantitative estimate of drug-likeness (QED) is 0.326. The molecule has 1 fully saturated rings. The van der Waals surface area contributed by atoms with Crippen molar-refractivity contribution in [3.63, 3.8) is 0 Å². The average molecular weight is 438 g/mol. The van der Waals surface area contributed by atoms with Gasteiger partial charge in [0.25, 0.3) is 5.91 Å². The maximum atomic E-state index is 13.1. The number of benzene rings is 1. The largest absolute Gasteiger partial charge is 0.619 e. The van der Waals surface area contributed by atoms with Crippen molar-refractivity contribution >= 4 is 17.7 Å². The molecular weight excluding hydrogens is 419 g/mol. The van der Waals surface area contributed by atoms with Crippen LogP contribution in [-0.4, -0.2) is 32.8 Å². The van der Waals surface area contributed by atoms with E-state index in [2.05, 4.69) is 15.5 Å². The average Bonchev–Trinajstić information content (AvgIpc) is 3.34. The maximum Gasteiger partial charge on any atom is 0.339 e. The predicted molar refractivity (Wildman–Crippen MR) is 109 cm³/mol. The van der Waals surface area contributed by atoms with Gasteiger partial charge in [0.05, 0.1) is 16.8 Å². The number of halogens is 1. The Bertz CT molecular complexity index is 1220. The van der Waals surface area contributed by atoms with Crippen molar-refractivity contribution in [2.75, 3.05) is 5.32 Å². The summed E-state index contributed by atoms with van der Waals surface area (Å²) in [6.45, 7) is 0. The standard InChI is InChI=1S/C22H19FN4O5/c23-14-3-1-13(2-4-14)17-11-18(26-25-17)24-20(29)21(30)6-8-22(9-7-21)16-12-27(31)10-5-15(16)19(28)32-22/h1-5,10-12,30H,6-9H2,(H2,24,25,26,29)/t21-,22+. The summed E-state index contributed by atoms with van der Waals surface area (Å²) in [5.74, 6) is -1.28. The van der Waals surface area contributed by atoms with E-state index in [0.29, 0.717) is 27.1 Å². The molecule has 2 aliphatic rings. The van der Waals surface area contributed by atoms with Crippen molar-refractivity contribution in [2.24, 2.45) is 0 Å². The van der Waals surface area contributed by atoms with Crippen molar-refractivity contribution in [3.8, 4) is 11.3 Å². The molecule has 1 spiro atoms. The van der Waals surface area contributed by atoms with E-state index in [4.69, 9.17) is 4.74 Å². The molecule has 0 atom stereocenters. The number of hydrogen-bond donors (Lipinski definition) is 3. The summed E-state index contributed by atoms with van der Waals surface area (Å²) in [4.78, 5) is 25.0. The van der Waals surface area contributed by atoms with Crippen molar-refractivity contribution in [2.45, 2.75) is 36.9 Å². The van der Waals surface area contributed by atoms with E-state index in [-0.39, 0.29) is 37.3 Å². The number of aromatic amines is 1. The fourth-order valence-corrected chi connectivity index (χ4v) is 4.37. The van der Waals surface area contributed by atoms with Crippen LogP contribution in [0.25, 0.3) is 11.3 Å². The highest BCUT2D eigenvalue weighted by Gasteiger charge is 2.54. The zero-order valence-corrected chi connectivity index (χ0v) is 16.8. The number of nitrogens with one attached hydrogen (secondary N) is 2. The highest BCUT2D eigenvalue weighted by molar-refractivity contribution is 5.97. The first-order valence-corrected chi connectivity index (χ1v) is 10.1. The van der Waals surface area contributed by atoms with Crippen molar-refractivity contribution < 1.29 is 28.6 Å². The summed E-state index contributed by atoms with van der Waals surface area (Å²) in [5.41, 5.74) is -0.618. The molecule has 0 bridgehead atoms. The molecule has 0 saturated heterocycles. The lowest BCUT2D eigenvalue weighted by molar-refractivity contribution is -0.606. The highest BCUT2D eigenvalue weighted by Crippen LogP contribution is 2.48. The Labute approximate surface area is 181 Å². The van der Waals surface area contributed by atoms with Gasteiger partial charge in [-0.1, -0.05) is 0 Å². The van der Waals surface area contributed by atoms with Gasteiger partial charge in [-0.25, -0.2) is 9.18 Å². The first-order chi connectivity index (χ1) is 15.3. The molecule has 1 amide bonds. The number of aromatic nitrogens is 3. The minimum Gasteiger partial charge on any atom is -0.619 e. The Balaban J connectivity index is 1.29. The Morgan fingerprint density at radius 1 is 1.22 bits per heavy atom. The number of rotatable bonds is 3. The summed E-state index contributed by atoms with van der Waals surface area (Å²) in [6.07, 6.45) is 3.01. The van der Waals surface area contributed by atoms with Crippen LogP contribution in [0, 0.1) is 11.0 Å². The summed E-state index contributed by atoms with van der Waals surface area (Å²) in [5, 5.41) is 32.1. The predicted octanol–water partition coefficient (Wildman–Crippen LogP) is 2.16. The molecule has 164 valence electrons. The van der Waals surface area contributed by atoms with Gasteiger partial charge in [0.15, 0.2) is 18.2 Å². The third kappa shape index (κ3) is 3.28. The lowest BCUT2D eigenvalue weighted by Gasteiger charge is -2.39. The summed E-state index contributed by atoms with van der Waals surface area (Å²) >= 11 is 0. The van der Waals surface area contributed by atoms with E-state index in [1.54, 1.807) is 18.2 Å². The number of H-pyrrole nitrogens is 1. The number of fused-ring (bicyclic) bond motifs is 2. The number of esters is 1. The zero-order chi connectivity index (χ0) is 22.5. The van der Waals surface area contributed by atoms with Crippen molar-refractivity contribution in [1.29, 1.82) is 0 Å². The van der Waals surface area contributed by atoms with Gasteiger partial charge >= 0.3 is 5.97 Å². The molecule has 2 aromatic heterocycles. The smallest absolute Gasteiger partial charge is 0.339 e. The first-order valence-electron chi connectivity index (χ1n) is 10.1. The highest BCUT2D eigenvalue weighted by atomic mass is 19.1. The number of hydrogen-bond acceptors (Lipinski definition) is 6. The molecule has 5 rings (SSSR count). The number of aliphatic hydroxyl groups is 1. The van der Waals surface area contributed by atoms with Gasteiger partial charge in [-0.3, -0.25) is 9.89 Å². The molecule has 1 aliphatic heterocycles. The van der Waals surface area contributed by atoms with Crippen LogP contribution in [0.3, 0.4) is 0 Å². The van der Waals surface area contributed by atoms with E-state index in [1.165, 1.54) is 30.6 Å². The Kier molecular flexibility index (Phi) is 4.48. The fourth-order valence-electron chi connectivity index (χ4n) is 4.37. The Morgan fingerprint density at radius 2 is 1.94 bits per heavy atom. The second-order valence-electron chi connectivity index (χ2n) is 8.18. The number of nitrogens with zero attached hydrogens (tertiary/aromatic N) is 2. The summed E-state index contributed by atoms with van der Waals surface area (Å²) in [7, 11) is 0. The number of ether oxygens (including phenoxy) is 1. The number of anilines is 1. The third-order valence-electron chi connectivity index (χ3n) is 6.22. The SMILES string of the molecule is O=C1O[C@]2(CC[C@](O)(C(=O)Nc3cc(-c4ccc(F)cc4)[nH]n3)CC2)c2c[n+]([O-])ccc21. The van der Waals surface area contributed by atoms with E-state index < -0.39 is 23.1 Å². The van der Waals surface area contributed by atoms with Crippen LogP contribution in [-0.2, 0) is 15.1 Å². The van der Waals surface area contributed by atoms with Gasteiger partial charge in [-0.15, -0.1) is 0 Å². The van der Waals surface area contributed by atoms with Gasteiger partial charge in [-0.2, -0.15) is 9.83 Å². The van der Waals surface area contributed by atoms with E-state index in [0.717, 1.165) is 0 Å². The molecule has 1 aliphatic carbocycles. The first kappa shape index (κ1) is 20.1. The fraction of sp³-hybridized carbons (Fsp3) is 0.273. The summed E-state index contributed by atoms with van der Waals surface area (Å²) < 4.78 is 19.3. The molecule has 1 saturated carbocycles. The van der Waals surface area contributed by atoms with Crippen LogP contribution >= 0.6 is 0 Å².